The van der Waals surface area contributed by atoms with E-state index in [0.717, 1.165) is 81.7 Å². The van der Waals surface area contributed by atoms with Gasteiger partial charge in [0.25, 0.3) is 0 Å². The Hall–Kier alpha value is -5.93. The van der Waals surface area contributed by atoms with E-state index in [1.54, 1.807) is 16.2 Å². The average Bonchev–Trinajstić information content (AvgIpc) is 4.01. The van der Waals surface area contributed by atoms with Crippen LogP contribution in [-0.4, -0.2) is 87.2 Å². The van der Waals surface area contributed by atoms with Gasteiger partial charge in [-0.15, -0.1) is 11.3 Å². The second-order valence-electron chi connectivity index (χ2n) is 19.8. The summed E-state index contributed by atoms with van der Waals surface area (Å²) in [4.78, 5) is 88.4. The van der Waals surface area contributed by atoms with Crippen molar-refractivity contribution in [1.29, 1.82) is 0 Å². The number of anilines is 1. The lowest BCUT2D eigenvalue weighted by Crippen LogP contribution is -2.57. The van der Waals surface area contributed by atoms with Crippen molar-refractivity contribution in [2.24, 2.45) is 11.1 Å². The zero-order valence-electron chi connectivity index (χ0n) is 39.9. The molecule has 0 unspecified atom stereocenters. The highest BCUT2D eigenvalue weighted by Crippen LogP contribution is 2.39. The Kier molecular flexibility index (Phi) is 16.5. The summed E-state index contributed by atoms with van der Waals surface area (Å²) in [5, 5.41) is 19.7. The average molecular weight is 946 g/mol. The highest BCUT2D eigenvalue weighted by Gasteiger charge is 2.45. The lowest BCUT2D eigenvalue weighted by Gasteiger charge is -2.35. The fourth-order valence-corrected chi connectivity index (χ4v) is 10.6. The van der Waals surface area contributed by atoms with E-state index in [4.69, 9.17) is 5.73 Å². The number of rotatable bonds is 20. The Balaban J connectivity index is 0.860. The summed E-state index contributed by atoms with van der Waals surface area (Å²) >= 11 is 1.58. The topological polar surface area (TPSA) is 204 Å². The van der Waals surface area contributed by atoms with Crippen LogP contribution in [0.25, 0.3) is 10.4 Å². The van der Waals surface area contributed by atoms with Crippen LogP contribution in [0.5, 0.6) is 0 Å². The number of carbonyl (C=O) groups excluding carboxylic acids is 6. The zero-order valence-corrected chi connectivity index (χ0v) is 40.7. The lowest BCUT2D eigenvalue weighted by atomic mass is 9.85. The van der Waals surface area contributed by atoms with Crippen molar-refractivity contribution in [2.75, 3.05) is 11.4 Å². The summed E-state index contributed by atoms with van der Waals surface area (Å²) in [5.41, 5.74) is 14.9. The number of nitrogens with one attached hydrogen (secondary N) is 3. The van der Waals surface area contributed by atoms with Crippen LogP contribution in [0.2, 0.25) is 0 Å². The van der Waals surface area contributed by atoms with Gasteiger partial charge < -0.3 is 31.7 Å². The third-order valence-electron chi connectivity index (χ3n) is 13.5. The van der Waals surface area contributed by atoms with Crippen LogP contribution in [0, 0.1) is 12.3 Å². The van der Waals surface area contributed by atoms with Crippen molar-refractivity contribution in [3.05, 3.63) is 106 Å². The van der Waals surface area contributed by atoms with E-state index in [1.807, 2.05) is 81.7 Å². The molecule has 3 aliphatic rings. The number of amides is 6. The largest absolute Gasteiger partial charge is 0.391 e. The monoisotopic (exact) mass is 945 g/mol. The van der Waals surface area contributed by atoms with Crippen LogP contribution in [0.3, 0.4) is 0 Å². The van der Waals surface area contributed by atoms with Crippen molar-refractivity contribution < 1.29 is 33.9 Å². The predicted octanol–water partition coefficient (Wildman–Crippen LogP) is 6.01. The lowest BCUT2D eigenvalue weighted by molar-refractivity contribution is -0.144. The van der Waals surface area contributed by atoms with Crippen LogP contribution < -0.4 is 26.6 Å². The fraction of sp³-hybridized carbons (Fsp3) is 0.491. The van der Waals surface area contributed by atoms with Gasteiger partial charge in [0, 0.05) is 51.2 Å². The molecule has 7 rings (SSSR count). The van der Waals surface area contributed by atoms with Crippen molar-refractivity contribution in [3.8, 4) is 10.4 Å². The maximum Gasteiger partial charge on any atom is 0.246 e. The number of hydrogen-bond acceptors (Lipinski definition) is 9. The van der Waals surface area contributed by atoms with Crippen molar-refractivity contribution in [1.82, 2.24) is 25.8 Å². The molecule has 15 heteroatoms. The van der Waals surface area contributed by atoms with Gasteiger partial charge in [-0.25, -0.2) is 4.98 Å². The number of primary amides is 1. The number of nitrogens with zero attached hydrogens (tertiary/aromatic N) is 3. The number of benzene rings is 3. The molecule has 3 aromatic carbocycles. The molecule has 14 nitrogen and oxygen atoms in total. The first kappa shape index (κ1) is 50.0. The molecule has 6 amide bonds. The molecule has 68 heavy (non-hydrogen) atoms. The smallest absolute Gasteiger partial charge is 0.246 e. The summed E-state index contributed by atoms with van der Waals surface area (Å²) in [7, 11) is 0. The molecular formula is C53H67N7O7S. The van der Waals surface area contributed by atoms with Gasteiger partial charge in [-0.3, -0.25) is 33.7 Å². The second-order valence-corrected chi connectivity index (χ2v) is 20.7. The summed E-state index contributed by atoms with van der Waals surface area (Å²) in [5.74, 6) is -1.65. The highest BCUT2D eigenvalue weighted by atomic mass is 32.1. The third-order valence-corrected chi connectivity index (χ3v) is 14.5. The molecule has 0 bridgehead atoms. The number of β-amino-alcohol motifs (C(OH)–C–C–N with tert-alkyl or cyclic N) is 1. The second kappa shape index (κ2) is 22.5. The number of unbranched alkanes of at least 4 members (excludes halogenated alkanes) is 2. The predicted molar refractivity (Wildman–Crippen MR) is 263 cm³/mol. The van der Waals surface area contributed by atoms with Crippen LogP contribution >= 0.6 is 11.3 Å². The fourth-order valence-electron chi connectivity index (χ4n) is 9.82. The van der Waals surface area contributed by atoms with Crippen LogP contribution in [-0.2, 0) is 61.0 Å². The molecule has 362 valence electrons. The van der Waals surface area contributed by atoms with Gasteiger partial charge >= 0.3 is 0 Å². The first-order chi connectivity index (χ1) is 32.5. The first-order valence-electron chi connectivity index (χ1n) is 24.2. The molecule has 1 saturated heterocycles. The van der Waals surface area contributed by atoms with Gasteiger partial charge in [-0.05, 0) is 97.1 Å². The summed E-state index contributed by atoms with van der Waals surface area (Å²) in [6, 6.07) is 19.6. The molecule has 0 aliphatic carbocycles. The standard InChI is InChI=1S/C53H67N7O7S/c1-33-48(68-32-56-33)38-22-19-36(20-23-38)30-55-50(65)42-29-41(61)31-59(42)52(67)49(53(2,3)4)58-45(63)17-7-5-6-11-34-12-8-13-35(27-34)21-24-40(25-26-44(54)62)57-51(66)43-28-39-16-9-14-37-15-10-18-46(64)60(43)47(37)39/h8-9,12-14,16,19-20,22-23,27,32,40-43,49,61H,5-7,10-11,15,17-18,21,24-26,28-31H2,1-4H3,(H2,54,62)(H,55,65)(H,57,66)(H,58,63)/t40-,41-,42+,43+,49-/m1/s1. The van der Waals surface area contributed by atoms with Crippen molar-refractivity contribution in [3.63, 3.8) is 0 Å². The van der Waals surface area contributed by atoms with Crippen LogP contribution in [0.1, 0.15) is 118 Å². The van der Waals surface area contributed by atoms with Crippen LogP contribution in [0.15, 0.2) is 72.2 Å². The minimum Gasteiger partial charge on any atom is -0.391 e. The Morgan fingerprint density at radius 3 is 2.31 bits per heavy atom. The van der Waals surface area contributed by atoms with Gasteiger partial charge in [0.2, 0.25) is 35.4 Å². The van der Waals surface area contributed by atoms with Gasteiger partial charge in [0.05, 0.1) is 27.9 Å². The summed E-state index contributed by atoms with van der Waals surface area (Å²) in [6.45, 7) is 7.88. The quantitative estimate of drug-likeness (QED) is 0.0663. The number of thiazole rings is 1. The maximum absolute atomic E-state index is 14.1. The zero-order chi connectivity index (χ0) is 48.5. The minimum atomic E-state index is -0.892. The van der Waals surface area contributed by atoms with E-state index >= 15 is 0 Å². The molecule has 4 heterocycles. The number of carbonyl (C=O) groups is 6. The van der Waals surface area contributed by atoms with E-state index < -0.39 is 35.6 Å². The number of nitrogens with two attached hydrogens (primary N) is 1. The number of aromatic nitrogens is 1. The molecular weight excluding hydrogens is 879 g/mol. The Labute approximate surface area is 403 Å². The van der Waals surface area contributed by atoms with E-state index in [0.29, 0.717) is 38.5 Å². The van der Waals surface area contributed by atoms with Gasteiger partial charge in [-0.2, -0.15) is 0 Å². The van der Waals surface area contributed by atoms with Crippen LogP contribution in [0.4, 0.5) is 5.69 Å². The highest BCUT2D eigenvalue weighted by molar-refractivity contribution is 7.13. The third kappa shape index (κ3) is 12.6. The van der Waals surface area contributed by atoms with Gasteiger partial charge in [0.15, 0.2) is 0 Å². The number of para-hydroxylation sites is 1. The van der Waals surface area contributed by atoms with E-state index in [2.05, 4.69) is 39.1 Å². The van der Waals surface area contributed by atoms with E-state index in [1.165, 1.54) is 4.90 Å². The van der Waals surface area contributed by atoms with Gasteiger partial charge in [0.1, 0.15) is 18.1 Å². The Bertz CT molecular complexity index is 2460. The van der Waals surface area contributed by atoms with E-state index in [9.17, 15) is 33.9 Å². The van der Waals surface area contributed by atoms with Gasteiger partial charge in [-0.1, -0.05) is 93.9 Å². The number of aliphatic hydroxyl groups excluding tert-OH is 1. The molecule has 0 spiro atoms. The number of aryl methyl sites for hydroxylation is 4. The molecule has 5 atom stereocenters. The van der Waals surface area contributed by atoms with Crippen molar-refractivity contribution >= 4 is 52.5 Å². The van der Waals surface area contributed by atoms with E-state index in [-0.39, 0.29) is 67.9 Å². The SMILES string of the molecule is Cc1ncsc1-c1ccc(CNC(=O)[C@@H]2C[C@@H](O)CN2C(=O)[C@@H](NC(=O)CCCCCc2cccc(CC[C@H](CCC(N)=O)NC(=O)[C@@H]3Cc4cccc5c4N3C(=O)CCC5)c2)C(C)(C)C)cc1. The molecule has 3 aliphatic heterocycles. The summed E-state index contributed by atoms with van der Waals surface area (Å²) < 4.78 is 0. The first-order valence-corrected chi connectivity index (χ1v) is 25.1. The number of hydrogen-bond donors (Lipinski definition) is 5. The minimum absolute atomic E-state index is 0.00857. The Morgan fingerprint density at radius 1 is 0.853 bits per heavy atom. The normalized spacial score (nSPS) is 18.7. The molecule has 1 fully saturated rings. The van der Waals surface area contributed by atoms with Crippen molar-refractivity contribution in [2.45, 2.75) is 154 Å². The number of likely N-dealkylation sites (tertiary alicyclic amines) is 1. The molecule has 0 saturated carbocycles. The molecule has 4 aromatic rings. The molecule has 6 N–H and O–H groups in total. The Morgan fingerprint density at radius 2 is 1.59 bits per heavy atom. The molecule has 0 radical (unpaired) electrons. The maximum atomic E-state index is 14.1. The molecule has 1 aromatic heterocycles. The summed E-state index contributed by atoms with van der Waals surface area (Å²) in [6.07, 6.45) is 6.85. The number of aliphatic hydroxyl groups is 1.